The zero-order chi connectivity index (χ0) is 23.0. The zero-order valence-electron chi connectivity index (χ0n) is 18.6. The smallest absolute Gasteiger partial charge is 0.312 e. The van der Waals surface area contributed by atoms with E-state index in [4.69, 9.17) is 4.74 Å². The van der Waals surface area contributed by atoms with Crippen molar-refractivity contribution in [1.29, 1.82) is 0 Å². The van der Waals surface area contributed by atoms with Crippen LogP contribution in [0.2, 0.25) is 0 Å². The number of ether oxygens (including phenoxy) is 1. The summed E-state index contributed by atoms with van der Waals surface area (Å²) in [5.74, 6) is -0.364. The second kappa shape index (κ2) is 10.7. The summed E-state index contributed by atoms with van der Waals surface area (Å²) in [6.45, 7) is 4.70. The quantitative estimate of drug-likeness (QED) is 0.372. The number of anilines is 2. The molecule has 2 heterocycles. The number of amides is 2. The Kier molecular flexibility index (Phi) is 7.26. The van der Waals surface area contributed by atoms with Crippen LogP contribution in [0.5, 0.6) is 0 Å². The highest BCUT2D eigenvalue weighted by molar-refractivity contribution is 6.35. The summed E-state index contributed by atoms with van der Waals surface area (Å²) in [6, 6.07) is 19.3. The van der Waals surface area contributed by atoms with E-state index in [0.29, 0.717) is 45.5 Å². The molecule has 0 bridgehead atoms. The van der Waals surface area contributed by atoms with Gasteiger partial charge < -0.3 is 14.5 Å². The molecule has 3 aromatic rings. The van der Waals surface area contributed by atoms with Gasteiger partial charge in [-0.1, -0.05) is 42.5 Å². The molecular weight excluding hydrogens is 418 g/mol. The van der Waals surface area contributed by atoms with Gasteiger partial charge in [-0.3, -0.25) is 14.5 Å². The van der Waals surface area contributed by atoms with E-state index in [2.05, 4.69) is 9.97 Å². The van der Waals surface area contributed by atoms with Crippen molar-refractivity contribution in [3.05, 3.63) is 84.2 Å². The third-order valence-corrected chi connectivity index (χ3v) is 5.45. The van der Waals surface area contributed by atoms with Gasteiger partial charge in [0.2, 0.25) is 5.95 Å². The van der Waals surface area contributed by atoms with Gasteiger partial charge in [0.15, 0.2) is 0 Å². The molecule has 1 saturated heterocycles. The number of piperazine rings is 1. The Morgan fingerprint density at radius 2 is 1.39 bits per heavy atom. The van der Waals surface area contributed by atoms with Crippen molar-refractivity contribution in [3.8, 4) is 0 Å². The van der Waals surface area contributed by atoms with Crippen LogP contribution >= 0.6 is 0 Å². The highest BCUT2D eigenvalue weighted by Crippen LogP contribution is 2.23. The van der Waals surface area contributed by atoms with E-state index >= 15 is 0 Å². The molecule has 1 aliphatic heterocycles. The zero-order valence-corrected chi connectivity index (χ0v) is 18.6. The van der Waals surface area contributed by atoms with E-state index in [1.54, 1.807) is 28.3 Å². The molecule has 8 nitrogen and oxygen atoms in total. The SMILES string of the molecule is CCOCN(c1ccc(CN2CCN(Cc3ccccc3)C(=O)C2=O)cc1)c1ncccn1. The summed E-state index contributed by atoms with van der Waals surface area (Å²) in [5.41, 5.74) is 2.84. The van der Waals surface area contributed by atoms with Gasteiger partial charge in [0, 0.05) is 50.9 Å². The highest BCUT2D eigenvalue weighted by Gasteiger charge is 2.32. The predicted octanol–water partition coefficient (Wildman–Crippen LogP) is 2.98. The van der Waals surface area contributed by atoms with Gasteiger partial charge in [-0.25, -0.2) is 9.97 Å². The summed E-state index contributed by atoms with van der Waals surface area (Å²) >= 11 is 0. The van der Waals surface area contributed by atoms with Crippen molar-refractivity contribution in [2.75, 3.05) is 31.3 Å². The van der Waals surface area contributed by atoms with Crippen molar-refractivity contribution in [1.82, 2.24) is 19.8 Å². The molecule has 33 heavy (non-hydrogen) atoms. The van der Waals surface area contributed by atoms with Crippen LogP contribution in [0.1, 0.15) is 18.1 Å². The van der Waals surface area contributed by atoms with Gasteiger partial charge in [-0.15, -0.1) is 0 Å². The highest BCUT2D eigenvalue weighted by atomic mass is 16.5. The molecule has 1 aromatic heterocycles. The first-order chi connectivity index (χ1) is 16.2. The van der Waals surface area contributed by atoms with E-state index in [1.807, 2.05) is 66.4 Å². The number of hydrogen-bond donors (Lipinski definition) is 0. The lowest BCUT2D eigenvalue weighted by Crippen LogP contribution is -2.53. The molecule has 0 N–H and O–H groups in total. The fraction of sp³-hybridized carbons (Fsp3) is 0.280. The van der Waals surface area contributed by atoms with E-state index in [1.165, 1.54) is 0 Å². The number of nitrogens with zero attached hydrogens (tertiary/aromatic N) is 5. The Bertz CT molecular complexity index is 1060. The normalized spacial score (nSPS) is 14.0. The van der Waals surface area contributed by atoms with Crippen LogP contribution in [0.4, 0.5) is 11.6 Å². The molecule has 4 rings (SSSR count). The molecule has 8 heteroatoms. The Morgan fingerprint density at radius 1 is 0.818 bits per heavy atom. The number of benzene rings is 2. The topological polar surface area (TPSA) is 78.9 Å². The maximum atomic E-state index is 12.7. The molecule has 1 aliphatic rings. The Balaban J connectivity index is 1.40. The first kappa shape index (κ1) is 22.4. The molecule has 0 radical (unpaired) electrons. The lowest BCUT2D eigenvalue weighted by Gasteiger charge is -2.34. The van der Waals surface area contributed by atoms with Crippen LogP contribution in [-0.4, -0.2) is 58.0 Å². The van der Waals surface area contributed by atoms with Gasteiger partial charge >= 0.3 is 11.8 Å². The molecule has 2 aromatic carbocycles. The second-order valence-corrected chi connectivity index (χ2v) is 7.70. The van der Waals surface area contributed by atoms with E-state index in [-0.39, 0.29) is 0 Å². The van der Waals surface area contributed by atoms with E-state index < -0.39 is 11.8 Å². The van der Waals surface area contributed by atoms with E-state index in [9.17, 15) is 9.59 Å². The average Bonchev–Trinajstić information content (AvgIpc) is 2.86. The van der Waals surface area contributed by atoms with E-state index in [0.717, 1.165) is 16.8 Å². The summed E-state index contributed by atoms with van der Waals surface area (Å²) < 4.78 is 5.59. The molecule has 170 valence electrons. The molecule has 0 unspecified atom stereocenters. The minimum atomic E-state index is -0.461. The monoisotopic (exact) mass is 445 g/mol. The molecule has 0 atom stereocenters. The fourth-order valence-electron chi connectivity index (χ4n) is 3.68. The van der Waals surface area contributed by atoms with Crippen LogP contribution in [0.3, 0.4) is 0 Å². The lowest BCUT2D eigenvalue weighted by molar-refractivity contribution is -0.156. The Hall–Kier alpha value is -3.78. The van der Waals surface area contributed by atoms with Crippen molar-refractivity contribution in [3.63, 3.8) is 0 Å². The van der Waals surface area contributed by atoms with Gasteiger partial charge in [-0.2, -0.15) is 0 Å². The first-order valence-electron chi connectivity index (χ1n) is 11.0. The average molecular weight is 446 g/mol. The number of hydrogen-bond acceptors (Lipinski definition) is 6. The minimum Gasteiger partial charge on any atom is -0.361 e. The molecule has 0 spiro atoms. The van der Waals surface area contributed by atoms with Gasteiger partial charge in [0.25, 0.3) is 0 Å². The summed E-state index contributed by atoms with van der Waals surface area (Å²) in [4.78, 5) is 39.1. The molecule has 0 saturated carbocycles. The summed E-state index contributed by atoms with van der Waals surface area (Å²) in [5, 5.41) is 0. The van der Waals surface area contributed by atoms with Crippen molar-refractivity contribution in [2.45, 2.75) is 20.0 Å². The fourth-order valence-corrected chi connectivity index (χ4v) is 3.68. The van der Waals surface area contributed by atoms with Crippen LogP contribution in [0, 0.1) is 0 Å². The van der Waals surface area contributed by atoms with Crippen molar-refractivity contribution in [2.24, 2.45) is 0 Å². The number of carbonyl (C=O) groups is 2. The third-order valence-electron chi connectivity index (χ3n) is 5.45. The predicted molar refractivity (Wildman–Crippen MR) is 124 cm³/mol. The van der Waals surface area contributed by atoms with Crippen LogP contribution in [0.15, 0.2) is 73.1 Å². The summed E-state index contributed by atoms with van der Waals surface area (Å²) in [7, 11) is 0. The van der Waals surface area contributed by atoms with Crippen LogP contribution in [-0.2, 0) is 27.4 Å². The number of rotatable bonds is 9. The largest absolute Gasteiger partial charge is 0.361 e. The Labute approximate surface area is 193 Å². The van der Waals surface area contributed by atoms with Crippen molar-refractivity contribution < 1.29 is 14.3 Å². The maximum Gasteiger partial charge on any atom is 0.312 e. The lowest BCUT2D eigenvalue weighted by atomic mass is 10.1. The summed E-state index contributed by atoms with van der Waals surface area (Å²) in [6.07, 6.45) is 3.38. The van der Waals surface area contributed by atoms with Gasteiger partial charge in [0.05, 0.1) is 0 Å². The van der Waals surface area contributed by atoms with Crippen molar-refractivity contribution >= 4 is 23.5 Å². The number of carbonyl (C=O) groups excluding carboxylic acids is 2. The molecule has 1 fully saturated rings. The second-order valence-electron chi connectivity index (χ2n) is 7.70. The van der Waals surface area contributed by atoms with Crippen LogP contribution in [0.25, 0.3) is 0 Å². The van der Waals surface area contributed by atoms with Gasteiger partial charge in [-0.05, 0) is 36.2 Å². The molecule has 2 amide bonds. The standard InChI is InChI=1S/C25H27N5O3/c1-2-33-19-30(25-26-13-6-14-27-25)22-11-9-21(10-12-22)18-29-16-15-28(23(31)24(29)32)17-20-7-4-3-5-8-20/h3-14H,2,15-19H2,1H3. The minimum absolute atomic E-state index is 0.330. The third kappa shape index (κ3) is 5.53. The molecular formula is C25H27N5O3. The number of aromatic nitrogens is 2. The van der Waals surface area contributed by atoms with Crippen LogP contribution < -0.4 is 4.90 Å². The molecule has 0 aliphatic carbocycles. The maximum absolute atomic E-state index is 12.7. The van der Waals surface area contributed by atoms with Gasteiger partial charge in [0.1, 0.15) is 6.73 Å². The first-order valence-corrected chi connectivity index (χ1v) is 11.0. The Morgan fingerprint density at radius 3 is 1.97 bits per heavy atom.